The van der Waals surface area contributed by atoms with Crippen LogP contribution in [0.1, 0.15) is 31.2 Å². The van der Waals surface area contributed by atoms with Gasteiger partial charge in [-0.05, 0) is 35.8 Å². The SMILES string of the molecule is COC(=O)C1=C[C@H](C)C[C@H]2CC(c3ccccc3)C=C12. The van der Waals surface area contributed by atoms with Crippen LogP contribution < -0.4 is 0 Å². The van der Waals surface area contributed by atoms with Gasteiger partial charge in [0.15, 0.2) is 0 Å². The molecule has 2 aliphatic rings. The summed E-state index contributed by atoms with van der Waals surface area (Å²) in [7, 11) is 1.46. The summed E-state index contributed by atoms with van der Waals surface area (Å²) in [6.07, 6.45) is 6.59. The molecule has 0 amide bonds. The van der Waals surface area contributed by atoms with Crippen molar-refractivity contribution in [1.29, 1.82) is 0 Å². The molecule has 0 saturated carbocycles. The molecule has 3 rings (SSSR count). The summed E-state index contributed by atoms with van der Waals surface area (Å²) in [5.41, 5.74) is 3.32. The molecular formula is C18H20O2. The van der Waals surface area contributed by atoms with Crippen LogP contribution in [-0.2, 0) is 9.53 Å². The van der Waals surface area contributed by atoms with E-state index in [2.05, 4.69) is 43.3 Å². The molecule has 0 aromatic heterocycles. The minimum Gasteiger partial charge on any atom is -0.465 e. The average Bonchev–Trinajstić information content (AvgIpc) is 2.90. The third-order valence-corrected chi connectivity index (χ3v) is 4.41. The summed E-state index contributed by atoms with van der Waals surface area (Å²) in [5.74, 6) is 1.17. The summed E-state index contributed by atoms with van der Waals surface area (Å²) in [5, 5.41) is 0. The lowest BCUT2D eigenvalue weighted by atomic mass is 9.80. The van der Waals surface area contributed by atoms with E-state index in [1.807, 2.05) is 6.07 Å². The number of carbonyl (C=O) groups excluding carboxylic acids is 1. The topological polar surface area (TPSA) is 26.3 Å². The maximum Gasteiger partial charge on any atom is 0.337 e. The van der Waals surface area contributed by atoms with E-state index in [-0.39, 0.29) is 5.97 Å². The number of carbonyl (C=O) groups is 1. The van der Waals surface area contributed by atoms with E-state index in [4.69, 9.17) is 4.74 Å². The molecule has 0 fully saturated rings. The Hall–Kier alpha value is -1.83. The highest BCUT2D eigenvalue weighted by Gasteiger charge is 2.35. The quantitative estimate of drug-likeness (QED) is 0.761. The van der Waals surface area contributed by atoms with Gasteiger partial charge in [0.05, 0.1) is 12.7 Å². The molecular weight excluding hydrogens is 248 g/mol. The third-order valence-electron chi connectivity index (χ3n) is 4.41. The summed E-state index contributed by atoms with van der Waals surface area (Å²) in [6, 6.07) is 10.5. The number of hydrogen-bond donors (Lipinski definition) is 0. The van der Waals surface area contributed by atoms with Crippen LogP contribution >= 0.6 is 0 Å². The van der Waals surface area contributed by atoms with Crippen molar-refractivity contribution in [3.63, 3.8) is 0 Å². The monoisotopic (exact) mass is 268 g/mol. The summed E-state index contributed by atoms with van der Waals surface area (Å²) >= 11 is 0. The van der Waals surface area contributed by atoms with Crippen LogP contribution in [-0.4, -0.2) is 13.1 Å². The molecule has 1 aromatic rings. The maximum atomic E-state index is 12.0. The van der Waals surface area contributed by atoms with Crippen molar-refractivity contribution in [3.8, 4) is 0 Å². The van der Waals surface area contributed by atoms with E-state index in [0.717, 1.165) is 18.4 Å². The van der Waals surface area contributed by atoms with Gasteiger partial charge in [0.2, 0.25) is 0 Å². The number of rotatable bonds is 2. The zero-order valence-electron chi connectivity index (χ0n) is 12.0. The van der Waals surface area contributed by atoms with Gasteiger partial charge >= 0.3 is 5.97 Å². The number of allylic oxidation sites excluding steroid dienone is 2. The van der Waals surface area contributed by atoms with Gasteiger partial charge in [-0.2, -0.15) is 0 Å². The fraction of sp³-hybridized carbons (Fsp3) is 0.389. The molecule has 0 heterocycles. The summed E-state index contributed by atoms with van der Waals surface area (Å²) in [4.78, 5) is 12.0. The predicted octanol–water partition coefficient (Wildman–Crippen LogP) is 3.86. The number of benzene rings is 1. The molecule has 3 atom stereocenters. The van der Waals surface area contributed by atoms with Crippen molar-refractivity contribution < 1.29 is 9.53 Å². The highest BCUT2D eigenvalue weighted by atomic mass is 16.5. The van der Waals surface area contributed by atoms with Crippen LogP contribution in [0.15, 0.2) is 53.6 Å². The lowest BCUT2D eigenvalue weighted by Crippen LogP contribution is -2.19. The van der Waals surface area contributed by atoms with Gasteiger partial charge in [0, 0.05) is 5.92 Å². The molecule has 0 radical (unpaired) electrons. The first kappa shape index (κ1) is 13.2. The molecule has 0 bridgehead atoms. The first-order valence-electron chi connectivity index (χ1n) is 7.26. The molecule has 104 valence electrons. The summed E-state index contributed by atoms with van der Waals surface area (Å²) in [6.45, 7) is 2.18. The van der Waals surface area contributed by atoms with Crippen molar-refractivity contribution in [1.82, 2.24) is 0 Å². The molecule has 20 heavy (non-hydrogen) atoms. The number of methoxy groups -OCH3 is 1. The Morgan fingerprint density at radius 3 is 2.60 bits per heavy atom. The van der Waals surface area contributed by atoms with Crippen molar-refractivity contribution >= 4 is 5.97 Å². The number of hydrogen-bond acceptors (Lipinski definition) is 2. The molecule has 2 aliphatic carbocycles. The van der Waals surface area contributed by atoms with E-state index in [1.54, 1.807) is 0 Å². The third kappa shape index (κ3) is 2.31. The number of ether oxygens (including phenoxy) is 1. The van der Waals surface area contributed by atoms with E-state index >= 15 is 0 Å². The van der Waals surface area contributed by atoms with Crippen LogP contribution in [0.25, 0.3) is 0 Å². The van der Waals surface area contributed by atoms with Crippen LogP contribution in [0, 0.1) is 11.8 Å². The van der Waals surface area contributed by atoms with Gasteiger partial charge in [-0.1, -0.05) is 49.4 Å². The second-order valence-corrected chi connectivity index (χ2v) is 5.86. The zero-order chi connectivity index (χ0) is 14.1. The standard InChI is InChI=1S/C18H20O2/c1-12-8-15-10-14(13-6-4-3-5-7-13)11-16(15)17(9-12)18(19)20-2/h3-7,9,11-12,14-15H,8,10H2,1-2H3/t12-,14?,15+/m1/s1. The molecule has 0 saturated heterocycles. The molecule has 1 aromatic carbocycles. The van der Waals surface area contributed by atoms with Gasteiger partial charge < -0.3 is 4.74 Å². The van der Waals surface area contributed by atoms with Crippen LogP contribution in [0.4, 0.5) is 0 Å². The Kier molecular flexibility index (Phi) is 3.47. The number of fused-ring (bicyclic) bond motifs is 1. The molecule has 1 unspecified atom stereocenters. The predicted molar refractivity (Wildman–Crippen MR) is 79.3 cm³/mol. The first-order chi connectivity index (χ1) is 9.69. The minimum atomic E-state index is -0.193. The largest absolute Gasteiger partial charge is 0.465 e. The maximum absolute atomic E-state index is 12.0. The second-order valence-electron chi connectivity index (χ2n) is 5.86. The van der Waals surface area contributed by atoms with Crippen molar-refractivity contribution in [2.75, 3.05) is 7.11 Å². The number of esters is 1. The molecule has 0 aliphatic heterocycles. The van der Waals surface area contributed by atoms with Crippen molar-refractivity contribution in [3.05, 3.63) is 59.2 Å². The fourth-order valence-corrected chi connectivity index (χ4v) is 3.51. The van der Waals surface area contributed by atoms with Crippen LogP contribution in [0.5, 0.6) is 0 Å². The van der Waals surface area contributed by atoms with E-state index in [9.17, 15) is 4.79 Å². The lowest BCUT2D eigenvalue weighted by Gasteiger charge is -2.25. The minimum absolute atomic E-state index is 0.193. The molecule has 2 nitrogen and oxygen atoms in total. The summed E-state index contributed by atoms with van der Waals surface area (Å²) < 4.78 is 4.94. The van der Waals surface area contributed by atoms with Crippen LogP contribution in [0.3, 0.4) is 0 Å². The normalized spacial score (nSPS) is 28.4. The lowest BCUT2D eigenvalue weighted by molar-refractivity contribution is -0.136. The fourth-order valence-electron chi connectivity index (χ4n) is 3.51. The Morgan fingerprint density at radius 2 is 1.90 bits per heavy atom. The van der Waals surface area contributed by atoms with Gasteiger partial charge in [0.1, 0.15) is 0 Å². The Balaban J connectivity index is 1.93. The second kappa shape index (κ2) is 5.28. The molecule has 0 spiro atoms. The Morgan fingerprint density at radius 1 is 1.15 bits per heavy atom. The first-order valence-corrected chi connectivity index (χ1v) is 7.26. The zero-order valence-corrected chi connectivity index (χ0v) is 12.0. The molecule has 0 N–H and O–H groups in total. The smallest absolute Gasteiger partial charge is 0.337 e. The van der Waals surface area contributed by atoms with E-state index in [1.165, 1.54) is 18.2 Å². The Labute approximate surface area is 120 Å². The van der Waals surface area contributed by atoms with Gasteiger partial charge in [-0.15, -0.1) is 0 Å². The Bertz CT molecular complexity index is 568. The van der Waals surface area contributed by atoms with Gasteiger partial charge in [-0.3, -0.25) is 0 Å². The van der Waals surface area contributed by atoms with Crippen LogP contribution in [0.2, 0.25) is 0 Å². The van der Waals surface area contributed by atoms with E-state index < -0.39 is 0 Å². The van der Waals surface area contributed by atoms with Crippen molar-refractivity contribution in [2.45, 2.75) is 25.7 Å². The van der Waals surface area contributed by atoms with E-state index in [0.29, 0.717) is 17.8 Å². The highest BCUT2D eigenvalue weighted by Crippen LogP contribution is 2.46. The average molecular weight is 268 g/mol. The van der Waals surface area contributed by atoms with Gasteiger partial charge in [-0.25, -0.2) is 4.79 Å². The molecule has 2 heteroatoms. The van der Waals surface area contributed by atoms with Crippen molar-refractivity contribution in [2.24, 2.45) is 11.8 Å². The van der Waals surface area contributed by atoms with Gasteiger partial charge in [0.25, 0.3) is 0 Å². The highest BCUT2D eigenvalue weighted by molar-refractivity contribution is 5.94.